The Morgan fingerprint density at radius 1 is 1.29 bits per heavy atom. The van der Waals surface area contributed by atoms with Gasteiger partial charge in [-0.25, -0.2) is 9.18 Å². The Bertz CT molecular complexity index is 603. The summed E-state index contributed by atoms with van der Waals surface area (Å²) < 4.78 is 13.3. The van der Waals surface area contributed by atoms with Crippen LogP contribution in [0.5, 0.6) is 0 Å². The first-order chi connectivity index (χ1) is 9.97. The number of carboxylic acids is 1. The van der Waals surface area contributed by atoms with Crippen LogP contribution in [0.15, 0.2) is 18.2 Å². The zero-order valence-corrected chi connectivity index (χ0v) is 11.4. The van der Waals surface area contributed by atoms with Gasteiger partial charge in [0.1, 0.15) is 5.82 Å². The largest absolute Gasteiger partial charge is 0.478 e. The molecule has 5 nitrogen and oxygen atoms in total. The molecule has 1 amide bonds. The van der Waals surface area contributed by atoms with Crippen LogP contribution in [0, 0.1) is 23.6 Å². The Morgan fingerprint density at radius 3 is 2.62 bits per heavy atom. The molecule has 112 valence electrons. The van der Waals surface area contributed by atoms with Gasteiger partial charge < -0.3 is 16.2 Å². The molecule has 0 saturated heterocycles. The maximum absolute atomic E-state index is 13.3. The van der Waals surface area contributed by atoms with Crippen LogP contribution >= 0.6 is 0 Å². The predicted octanol–water partition coefficient (Wildman–Crippen LogP) is 1.84. The minimum Gasteiger partial charge on any atom is -0.478 e. The number of halogens is 1. The van der Waals surface area contributed by atoms with E-state index in [9.17, 15) is 14.0 Å². The summed E-state index contributed by atoms with van der Waals surface area (Å²) in [4.78, 5) is 23.5. The average molecular weight is 292 g/mol. The third-order valence-electron chi connectivity index (χ3n) is 4.75. The zero-order chi connectivity index (χ0) is 15.1. The van der Waals surface area contributed by atoms with Crippen molar-refractivity contribution in [1.82, 2.24) is 0 Å². The van der Waals surface area contributed by atoms with Crippen LogP contribution in [0.1, 0.15) is 29.6 Å². The molecule has 0 radical (unpaired) electrons. The lowest BCUT2D eigenvalue weighted by Crippen LogP contribution is -2.42. The number of fused-ring (bicyclic) bond motifs is 2. The fraction of sp³-hybridized carbons (Fsp3) is 0.467. The van der Waals surface area contributed by atoms with Gasteiger partial charge in [0.15, 0.2) is 0 Å². The van der Waals surface area contributed by atoms with E-state index in [0.717, 1.165) is 37.5 Å². The lowest BCUT2D eigenvalue weighted by molar-refractivity contribution is -0.121. The van der Waals surface area contributed by atoms with Gasteiger partial charge in [0.05, 0.1) is 17.2 Å². The van der Waals surface area contributed by atoms with Crippen molar-refractivity contribution in [3.63, 3.8) is 0 Å². The molecule has 4 unspecified atom stereocenters. The third kappa shape index (κ3) is 2.40. The Morgan fingerprint density at radius 2 is 2.00 bits per heavy atom. The molecule has 0 heterocycles. The summed E-state index contributed by atoms with van der Waals surface area (Å²) in [5.41, 5.74) is 5.96. The fourth-order valence-electron chi connectivity index (χ4n) is 3.75. The second-order valence-electron chi connectivity index (χ2n) is 5.92. The summed E-state index contributed by atoms with van der Waals surface area (Å²) in [7, 11) is 0. The first kappa shape index (κ1) is 14.0. The van der Waals surface area contributed by atoms with Crippen molar-refractivity contribution >= 4 is 17.6 Å². The lowest BCUT2D eigenvalue weighted by atomic mass is 9.84. The third-order valence-corrected chi connectivity index (χ3v) is 4.75. The maximum atomic E-state index is 13.3. The quantitative estimate of drug-likeness (QED) is 0.792. The number of nitrogens with one attached hydrogen (secondary N) is 1. The molecule has 2 bridgehead atoms. The molecule has 2 aliphatic carbocycles. The Labute approximate surface area is 121 Å². The minimum absolute atomic E-state index is 0.0116. The molecule has 4 atom stereocenters. The van der Waals surface area contributed by atoms with Crippen LogP contribution < -0.4 is 11.1 Å². The molecule has 0 aliphatic heterocycles. The Kier molecular flexibility index (Phi) is 3.41. The normalized spacial score (nSPS) is 30.4. The SMILES string of the molecule is NC1C2CCC(C2)C1C(=O)Nc1cc(F)ccc1C(=O)O. The number of amides is 1. The first-order valence-electron chi connectivity index (χ1n) is 7.06. The number of rotatable bonds is 3. The number of benzene rings is 1. The molecular formula is C15H17FN2O3. The number of hydrogen-bond acceptors (Lipinski definition) is 3. The van der Waals surface area contributed by atoms with Gasteiger partial charge in [-0.1, -0.05) is 0 Å². The number of carboxylic acid groups (broad SMARTS) is 1. The molecule has 1 aromatic rings. The van der Waals surface area contributed by atoms with Gasteiger partial charge in [-0.2, -0.15) is 0 Å². The van der Waals surface area contributed by atoms with Crippen LogP contribution in [0.2, 0.25) is 0 Å². The highest BCUT2D eigenvalue weighted by molar-refractivity contribution is 6.01. The van der Waals surface area contributed by atoms with Crippen LogP contribution in [0.3, 0.4) is 0 Å². The highest BCUT2D eigenvalue weighted by atomic mass is 19.1. The topological polar surface area (TPSA) is 92.4 Å². The predicted molar refractivity (Wildman–Crippen MR) is 74.3 cm³/mol. The molecule has 2 saturated carbocycles. The monoisotopic (exact) mass is 292 g/mol. The van der Waals surface area contributed by atoms with Gasteiger partial charge in [-0.3, -0.25) is 4.79 Å². The van der Waals surface area contributed by atoms with Crippen molar-refractivity contribution < 1.29 is 19.1 Å². The van der Waals surface area contributed by atoms with E-state index < -0.39 is 11.8 Å². The average Bonchev–Trinajstić information content (AvgIpc) is 2.98. The zero-order valence-electron chi connectivity index (χ0n) is 11.4. The number of hydrogen-bond donors (Lipinski definition) is 3. The van der Waals surface area contributed by atoms with Crippen LogP contribution in [0.4, 0.5) is 10.1 Å². The molecule has 4 N–H and O–H groups in total. The lowest BCUT2D eigenvalue weighted by Gasteiger charge is -2.27. The first-order valence-corrected chi connectivity index (χ1v) is 7.06. The van der Waals surface area contributed by atoms with Gasteiger partial charge in [0, 0.05) is 6.04 Å². The molecule has 21 heavy (non-hydrogen) atoms. The van der Waals surface area contributed by atoms with E-state index in [2.05, 4.69) is 5.32 Å². The van der Waals surface area contributed by atoms with E-state index >= 15 is 0 Å². The van der Waals surface area contributed by atoms with Crippen molar-refractivity contribution in [3.8, 4) is 0 Å². The summed E-state index contributed by atoms with van der Waals surface area (Å²) >= 11 is 0. The van der Waals surface area contributed by atoms with Crippen LogP contribution in [0.25, 0.3) is 0 Å². The molecule has 2 fully saturated rings. The smallest absolute Gasteiger partial charge is 0.337 e. The van der Waals surface area contributed by atoms with Gasteiger partial charge >= 0.3 is 5.97 Å². The van der Waals surface area contributed by atoms with E-state index in [1.54, 1.807) is 0 Å². The van der Waals surface area contributed by atoms with E-state index in [4.69, 9.17) is 10.8 Å². The van der Waals surface area contributed by atoms with E-state index in [1.165, 1.54) is 0 Å². The van der Waals surface area contributed by atoms with Gasteiger partial charge in [-0.05, 0) is 49.3 Å². The summed E-state index contributed by atoms with van der Waals surface area (Å²) in [5.74, 6) is -1.78. The minimum atomic E-state index is -1.21. The van der Waals surface area contributed by atoms with E-state index in [1.807, 2.05) is 0 Å². The summed E-state index contributed by atoms with van der Waals surface area (Å²) in [6.45, 7) is 0. The van der Waals surface area contributed by atoms with Gasteiger partial charge in [0.25, 0.3) is 0 Å². The van der Waals surface area contributed by atoms with Crippen molar-refractivity contribution in [2.24, 2.45) is 23.5 Å². The maximum Gasteiger partial charge on any atom is 0.337 e. The van der Waals surface area contributed by atoms with Crippen LogP contribution in [-0.4, -0.2) is 23.0 Å². The van der Waals surface area contributed by atoms with Crippen LogP contribution in [-0.2, 0) is 4.79 Å². The molecular weight excluding hydrogens is 275 g/mol. The molecule has 0 spiro atoms. The summed E-state index contributed by atoms with van der Waals surface area (Å²) in [6.07, 6.45) is 2.98. The van der Waals surface area contributed by atoms with Crippen molar-refractivity contribution in [1.29, 1.82) is 0 Å². The van der Waals surface area contributed by atoms with E-state index in [0.29, 0.717) is 5.92 Å². The van der Waals surface area contributed by atoms with Crippen molar-refractivity contribution in [2.75, 3.05) is 5.32 Å². The number of carbonyl (C=O) groups is 2. The number of carbonyl (C=O) groups excluding carboxylic acids is 1. The number of aromatic carboxylic acids is 1. The standard InChI is InChI=1S/C15H17FN2O3/c16-9-3-4-10(15(20)21)11(6-9)18-14(19)12-7-1-2-8(5-7)13(12)17/h3-4,6-8,12-13H,1-2,5,17H2,(H,18,19)(H,20,21). The highest BCUT2D eigenvalue weighted by Gasteiger charge is 2.49. The summed E-state index contributed by atoms with van der Waals surface area (Å²) in [6, 6.07) is 3.04. The molecule has 6 heteroatoms. The van der Waals surface area contributed by atoms with Crippen molar-refractivity contribution in [3.05, 3.63) is 29.6 Å². The Balaban J connectivity index is 1.82. The van der Waals surface area contributed by atoms with Crippen molar-refractivity contribution in [2.45, 2.75) is 25.3 Å². The highest BCUT2D eigenvalue weighted by Crippen LogP contribution is 2.48. The second kappa shape index (κ2) is 5.11. The number of anilines is 1. The summed E-state index contributed by atoms with van der Waals surface area (Å²) in [5, 5.41) is 11.6. The molecule has 1 aromatic carbocycles. The van der Waals surface area contributed by atoms with E-state index in [-0.39, 0.29) is 35.0 Å². The second-order valence-corrected chi connectivity index (χ2v) is 5.92. The molecule has 2 aliphatic rings. The fourth-order valence-corrected chi connectivity index (χ4v) is 3.75. The van der Waals surface area contributed by atoms with Gasteiger partial charge in [-0.15, -0.1) is 0 Å². The Hall–Kier alpha value is -1.95. The molecule has 3 rings (SSSR count). The molecule has 0 aromatic heterocycles. The van der Waals surface area contributed by atoms with Gasteiger partial charge in [0.2, 0.25) is 5.91 Å². The number of nitrogens with two attached hydrogens (primary N) is 1.